The predicted molar refractivity (Wildman–Crippen MR) is 62.8 cm³/mol. The average molecular weight is 306 g/mol. The van der Waals surface area contributed by atoms with Crippen molar-refractivity contribution in [3.8, 4) is 5.75 Å². The van der Waals surface area contributed by atoms with Gasteiger partial charge in [0.15, 0.2) is 0 Å². The van der Waals surface area contributed by atoms with E-state index in [2.05, 4.69) is 0 Å². The summed E-state index contributed by atoms with van der Waals surface area (Å²) in [6.45, 7) is 2.08. The first-order valence-electron chi connectivity index (χ1n) is 5.13. The minimum absolute atomic E-state index is 0. The summed E-state index contributed by atoms with van der Waals surface area (Å²) in [6.07, 6.45) is -5.68. The number of hydrogen-bond acceptors (Lipinski definition) is 2. The van der Waals surface area contributed by atoms with Crippen molar-refractivity contribution in [2.45, 2.75) is 25.1 Å². The highest BCUT2D eigenvalue weighted by atomic mass is 35.5. The first-order valence-corrected chi connectivity index (χ1v) is 5.13. The van der Waals surface area contributed by atoms with Gasteiger partial charge in [-0.15, -0.1) is 12.4 Å². The lowest BCUT2D eigenvalue weighted by Crippen LogP contribution is -2.45. The molecular formula is C11H13ClF5NO. The molecule has 1 atom stereocenters. The Morgan fingerprint density at radius 3 is 1.95 bits per heavy atom. The predicted octanol–water partition coefficient (Wildman–Crippen LogP) is 3.70. The third-order valence-electron chi connectivity index (χ3n) is 2.32. The fraction of sp³-hybridized carbons (Fsp3) is 0.455. The van der Waals surface area contributed by atoms with E-state index in [1.807, 2.05) is 0 Å². The van der Waals surface area contributed by atoms with Gasteiger partial charge in [0.25, 0.3) is 0 Å². The summed E-state index contributed by atoms with van der Waals surface area (Å²) < 4.78 is 67.3. The zero-order chi connectivity index (χ0) is 14.0. The van der Waals surface area contributed by atoms with E-state index in [1.54, 1.807) is 6.92 Å². The summed E-state index contributed by atoms with van der Waals surface area (Å²) in [4.78, 5) is 0. The second-order valence-electron chi connectivity index (χ2n) is 3.60. The zero-order valence-electron chi connectivity index (χ0n) is 9.88. The van der Waals surface area contributed by atoms with Gasteiger partial charge >= 0.3 is 12.1 Å². The third kappa shape index (κ3) is 3.94. The molecule has 1 aromatic rings. The molecule has 2 N–H and O–H groups in total. The van der Waals surface area contributed by atoms with Gasteiger partial charge in [0.2, 0.25) is 0 Å². The highest BCUT2D eigenvalue weighted by Crippen LogP contribution is 2.43. The van der Waals surface area contributed by atoms with E-state index in [9.17, 15) is 22.0 Å². The topological polar surface area (TPSA) is 35.2 Å². The molecule has 0 amide bonds. The first-order chi connectivity index (χ1) is 8.20. The molecule has 0 aliphatic rings. The number of ether oxygens (including phenoxy) is 1. The van der Waals surface area contributed by atoms with Crippen LogP contribution in [0.1, 0.15) is 18.5 Å². The molecule has 0 unspecified atom stereocenters. The SMILES string of the molecule is CCOc1ccc([C@H](N)C(F)(F)C(F)(F)F)cc1.Cl. The average Bonchev–Trinajstić information content (AvgIpc) is 2.28. The van der Waals surface area contributed by atoms with Crippen molar-refractivity contribution in [2.75, 3.05) is 6.61 Å². The first kappa shape index (κ1) is 17.9. The highest BCUT2D eigenvalue weighted by molar-refractivity contribution is 5.85. The molecule has 0 aliphatic heterocycles. The molecule has 8 heteroatoms. The van der Waals surface area contributed by atoms with E-state index in [1.165, 1.54) is 12.1 Å². The van der Waals surface area contributed by atoms with Crippen molar-refractivity contribution in [2.24, 2.45) is 5.73 Å². The smallest absolute Gasteiger partial charge is 0.455 e. The molecule has 0 aliphatic carbocycles. The van der Waals surface area contributed by atoms with Gasteiger partial charge in [-0.25, -0.2) is 0 Å². The van der Waals surface area contributed by atoms with E-state index in [-0.39, 0.29) is 18.0 Å². The molecular weight excluding hydrogens is 293 g/mol. The fourth-order valence-corrected chi connectivity index (χ4v) is 1.32. The maximum absolute atomic E-state index is 13.0. The minimum Gasteiger partial charge on any atom is -0.494 e. The molecule has 0 saturated heterocycles. The van der Waals surface area contributed by atoms with Crippen LogP contribution in [-0.2, 0) is 0 Å². The van der Waals surface area contributed by atoms with Crippen LogP contribution in [0.5, 0.6) is 5.75 Å². The van der Waals surface area contributed by atoms with Crippen molar-refractivity contribution < 1.29 is 26.7 Å². The van der Waals surface area contributed by atoms with Gasteiger partial charge in [-0.1, -0.05) is 12.1 Å². The monoisotopic (exact) mass is 305 g/mol. The summed E-state index contributed by atoms with van der Waals surface area (Å²) in [5.41, 5.74) is 4.67. The van der Waals surface area contributed by atoms with Crippen LogP contribution in [0.2, 0.25) is 0 Å². The normalized spacial score (nSPS) is 13.6. The van der Waals surface area contributed by atoms with Gasteiger partial charge in [-0.2, -0.15) is 22.0 Å². The lowest BCUT2D eigenvalue weighted by molar-refractivity contribution is -0.291. The van der Waals surface area contributed by atoms with Gasteiger partial charge in [0.1, 0.15) is 11.8 Å². The molecule has 0 bridgehead atoms. The molecule has 19 heavy (non-hydrogen) atoms. The Morgan fingerprint density at radius 1 is 1.11 bits per heavy atom. The number of hydrogen-bond donors (Lipinski definition) is 1. The molecule has 0 aromatic heterocycles. The van der Waals surface area contributed by atoms with E-state index in [0.717, 1.165) is 12.1 Å². The van der Waals surface area contributed by atoms with Crippen LogP contribution in [-0.4, -0.2) is 18.7 Å². The molecule has 0 heterocycles. The molecule has 1 rings (SSSR count). The van der Waals surface area contributed by atoms with Crippen molar-refractivity contribution >= 4 is 12.4 Å². The Morgan fingerprint density at radius 2 is 1.58 bits per heavy atom. The van der Waals surface area contributed by atoms with Crippen LogP contribution < -0.4 is 10.5 Å². The number of halogens is 6. The molecule has 0 spiro atoms. The maximum Gasteiger partial charge on any atom is 0.455 e. The maximum atomic E-state index is 13.0. The summed E-state index contributed by atoms with van der Waals surface area (Å²) in [5.74, 6) is -4.59. The van der Waals surface area contributed by atoms with E-state index < -0.39 is 18.1 Å². The van der Waals surface area contributed by atoms with Gasteiger partial charge in [0, 0.05) is 0 Å². The van der Waals surface area contributed by atoms with Crippen molar-refractivity contribution in [1.82, 2.24) is 0 Å². The van der Waals surface area contributed by atoms with Crippen molar-refractivity contribution in [1.29, 1.82) is 0 Å². The van der Waals surface area contributed by atoms with Crippen molar-refractivity contribution in [3.05, 3.63) is 29.8 Å². The van der Waals surface area contributed by atoms with E-state index >= 15 is 0 Å². The summed E-state index contributed by atoms with van der Waals surface area (Å²) in [5, 5.41) is 0. The Bertz CT molecular complexity index is 393. The Kier molecular flexibility index (Phi) is 6.02. The lowest BCUT2D eigenvalue weighted by atomic mass is 10.0. The fourth-order valence-electron chi connectivity index (χ4n) is 1.32. The number of nitrogens with two attached hydrogens (primary N) is 1. The van der Waals surface area contributed by atoms with Gasteiger partial charge in [-0.05, 0) is 24.6 Å². The Hall–Kier alpha value is -1.08. The Labute approximate surface area is 113 Å². The molecule has 0 fully saturated rings. The van der Waals surface area contributed by atoms with Crippen LogP contribution >= 0.6 is 12.4 Å². The van der Waals surface area contributed by atoms with Crippen LogP contribution in [0.3, 0.4) is 0 Å². The van der Waals surface area contributed by atoms with Crippen LogP contribution in [0.25, 0.3) is 0 Å². The van der Waals surface area contributed by atoms with Crippen LogP contribution in [0.15, 0.2) is 24.3 Å². The third-order valence-corrected chi connectivity index (χ3v) is 2.32. The second-order valence-corrected chi connectivity index (χ2v) is 3.60. The summed E-state index contributed by atoms with van der Waals surface area (Å²) >= 11 is 0. The number of benzene rings is 1. The minimum atomic E-state index is -5.68. The molecule has 1 aromatic carbocycles. The molecule has 0 saturated carbocycles. The van der Waals surface area contributed by atoms with Gasteiger partial charge in [-0.3, -0.25) is 0 Å². The zero-order valence-corrected chi connectivity index (χ0v) is 10.7. The van der Waals surface area contributed by atoms with Crippen LogP contribution in [0, 0.1) is 0 Å². The van der Waals surface area contributed by atoms with Crippen molar-refractivity contribution in [3.63, 3.8) is 0 Å². The van der Waals surface area contributed by atoms with Crippen LogP contribution in [0.4, 0.5) is 22.0 Å². The highest BCUT2D eigenvalue weighted by Gasteiger charge is 2.61. The largest absolute Gasteiger partial charge is 0.494 e. The second kappa shape index (κ2) is 6.38. The molecule has 0 radical (unpaired) electrons. The van der Waals surface area contributed by atoms with Gasteiger partial charge in [0.05, 0.1) is 6.61 Å². The lowest BCUT2D eigenvalue weighted by Gasteiger charge is -2.26. The van der Waals surface area contributed by atoms with E-state index in [4.69, 9.17) is 10.5 Å². The molecule has 110 valence electrons. The number of alkyl halides is 5. The summed E-state index contributed by atoms with van der Waals surface area (Å²) in [6, 6.07) is 2.34. The number of rotatable bonds is 4. The standard InChI is InChI=1S/C11H12F5NO.ClH/c1-2-18-8-5-3-7(4-6-8)9(17)10(12,13)11(14,15)16;/h3-6,9H,2,17H2,1H3;1H/t9-;/m0./s1. The Balaban J connectivity index is 0.00000324. The van der Waals surface area contributed by atoms with Gasteiger partial charge < -0.3 is 10.5 Å². The quantitative estimate of drug-likeness (QED) is 0.861. The summed E-state index contributed by atoms with van der Waals surface area (Å²) in [7, 11) is 0. The van der Waals surface area contributed by atoms with E-state index in [0.29, 0.717) is 12.4 Å². The molecule has 2 nitrogen and oxygen atoms in total.